The van der Waals surface area contributed by atoms with Crippen LogP contribution in [0.4, 0.5) is 10.2 Å². The first-order valence-electron chi connectivity index (χ1n) is 8.05. The molecule has 2 aromatic heterocycles. The lowest BCUT2D eigenvalue weighted by Crippen LogP contribution is -2.08. The van der Waals surface area contributed by atoms with E-state index in [-0.39, 0.29) is 18.5 Å². The van der Waals surface area contributed by atoms with Crippen molar-refractivity contribution in [3.8, 4) is 11.3 Å². The Kier molecular flexibility index (Phi) is 5.30. The third kappa shape index (κ3) is 4.36. The van der Waals surface area contributed by atoms with E-state index < -0.39 is 0 Å². The van der Waals surface area contributed by atoms with E-state index in [0.717, 1.165) is 16.7 Å². The Hall–Kier alpha value is -2.86. The van der Waals surface area contributed by atoms with Gasteiger partial charge in [0.1, 0.15) is 11.6 Å². The molecule has 128 valence electrons. The molecule has 2 N–H and O–H groups in total. The van der Waals surface area contributed by atoms with Crippen molar-refractivity contribution < 1.29 is 9.50 Å². The van der Waals surface area contributed by atoms with Crippen molar-refractivity contribution in [2.75, 3.05) is 11.9 Å². The van der Waals surface area contributed by atoms with Gasteiger partial charge in [-0.2, -0.15) is 0 Å². The van der Waals surface area contributed by atoms with Gasteiger partial charge in [0.15, 0.2) is 0 Å². The number of rotatable bonds is 6. The summed E-state index contributed by atoms with van der Waals surface area (Å²) in [6.45, 7) is 2.06. The van der Waals surface area contributed by atoms with Gasteiger partial charge in [-0.15, -0.1) is 0 Å². The zero-order chi connectivity index (χ0) is 17.6. The van der Waals surface area contributed by atoms with Crippen LogP contribution in [0.2, 0.25) is 0 Å². The molecule has 2 heterocycles. The number of aliphatic hydroxyl groups is 1. The highest BCUT2D eigenvalue weighted by molar-refractivity contribution is 5.58. The smallest absolute Gasteiger partial charge is 0.144 e. The predicted molar refractivity (Wildman–Crippen MR) is 94.5 cm³/mol. The number of nitrogens with zero attached hydrogens (tertiary/aromatic N) is 3. The molecule has 0 fully saturated rings. The quantitative estimate of drug-likeness (QED) is 0.721. The normalized spacial score (nSPS) is 12.0. The van der Waals surface area contributed by atoms with Gasteiger partial charge in [-0.3, -0.25) is 9.97 Å². The average Bonchev–Trinajstić information content (AvgIpc) is 2.63. The number of hydrogen-bond donors (Lipinski definition) is 2. The Bertz CT molecular complexity index is 822. The standard InChI is InChI=1S/C19H19FN4O/c1-13(15-2-4-17(20)5-3-15)24-19-12-22-18(11-23-19)16-8-14(6-7-25)9-21-10-16/h2-5,8-13,25H,6-7H2,1H3,(H,23,24). The number of hydrogen-bond acceptors (Lipinski definition) is 5. The third-order valence-corrected chi connectivity index (χ3v) is 3.88. The number of pyridine rings is 1. The summed E-state index contributed by atoms with van der Waals surface area (Å²) in [6.07, 6.45) is 7.35. The lowest BCUT2D eigenvalue weighted by molar-refractivity contribution is 0.299. The first-order chi connectivity index (χ1) is 12.2. The SMILES string of the molecule is CC(Nc1cnc(-c2cncc(CCO)c2)cn1)c1ccc(F)cc1. The van der Waals surface area contributed by atoms with Crippen LogP contribution in [-0.4, -0.2) is 26.7 Å². The summed E-state index contributed by atoms with van der Waals surface area (Å²) in [5, 5.41) is 12.3. The highest BCUT2D eigenvalue weighted by Gasteiger charge is 2.08. The van der Waals surface area contributed by atoms with E-state index in [9.17, 15) is 4.39 Å². The van der Waals surface area contributed by atoms with E-state index in [1.807, 2.05) is 13.0 Å². The van der Waals surface area contributed by atoms with Crippen LogP contribution in [0.3, 0.4) is 0 Å². The topological polar surface area (TPSA) is 70.9 Å². The second-order valence-corrected chi connectivity index (χ2v) is 5.76. The molecule has 0 spiro atoms. The van der Waals surface area contributed by atoms with Crippen molar-refractivity contribution >= 4 is 5.82 Å². The van der Waals surface area contributed by atoms with Crippen LogP contribution in [0.15, 0.2) is 55.1 Å². The van der Waals surface area contributed by atoms with Crippen molar-refractivity contribution in [1.82, 2.24) is 15.0 Å². The summed E-state index contributed by atoms with van der Waals surface area (Å²) >= 11 is 0. The predicted octanol–water partition coefficient (Wildman–Crippen LogP) is 3.39. The summed E-state index contributed by atoms with van der Waals surface area (Å²) in [5.41, 5.74) is 3.49. The minimum Gasteiger partial charge on any atom is -0.396 e. The largest absolute Gasteiger partial charge is 0.396 e. The van der Waals surface area contributed by atoms with Crippen LogP contribution in [-0.2, 0) is 6.42 Å². The van der Waals surface area contributed by atoms with Crippen molar-refractivity contribution in [1.29, 1.82) is 0 Å². The minimum atomic E-state index is -0.253. The van der Waals surface area contributed by atoms with Gasteiger partial charge >= 0.3 is 0 Å². The number of nitrogens with one attached hydrogen (secondary N) is 1. The molecule has 1 aromatic carbocycles. The van der Waals surface area contributed by atoms with E-state index in [4.69, 9.17) is 5.11 Å². The molecule has 25 heavy (non-hydrogen) atoms. The van der Waals surface area contributed by atoms with Gasteiger partial charge in [0.2, 0.25) is 0 Å². The molecule has 0 aliphatic rings. The van der Waals surface area contributed by atoms with Gasteiger partial charge in [-0.1, -0.05) is 12.1 Å². The number of aliphatic hydroxyl groups excluding tert-OH is 1. The second-order valence-electron chi connectivity index (χ2n) is 5.76. The Morgan fingerprint density at radius 2 is 1.88 bits per heavy atom. The number of aromatic nitrogens is 3. The fourth-order valence-corrected chi connectivity index (χ4v) is 2.50. The second kappa shape index (κ2) is 7.81. The molecular formula is C19H19FN4O. The number of halogens is 1. The van der Waals surface area contributed by atoms with Gasteiger partial charge in [-0.25, -0.2) is 9.37 Å². The van der Waals surface area contributed by atoms with E-state index in [0.29, 0.717) is 17.9 Å². The Labute approximate surface area is 145 Å². The maximum atomic E-state index is 13.0. The molecule has 0 saturated heterocycles. The summed E-state index contributed by atoms with van der Waals surface area (Å²) < 4.78 is 13.0. The maximum Gasteiger partial charge on any atom is 0.144 e. The Balaban J connectivity index is 1.71. The molecule has 0 saturated carbocycles. The van der Waals surface area contributed by atoms with Crippen molar-refractivity contribution in [3.63, 3.8) is 0 Å². The highest BCUT2D eigenvalue weighted by atomic mass is 19.1. The zero-order valence-electron chi connectivity index (χ0n) is 13.9. The summed E-state index contributed by atoms with van der Waals surface area (Å²) in [6, 6.07) is 8.29. The summed E-state index contributed by atoms with van der Waals surface area (Å²) in [5.74, 6) is 0.386. The molecule has 0 aliphatic heterocycles. The highest BCUT2D eigenvalue weighted by Crippen LogP contribution is 2.20. The lowest BCUT2D eigenvalue weighted by atomic mass is 10.1. The van der Waals surface area contributed by atoms with Gasteiger partial charge in [0, 0.05) is 30.6 Å². The van der Waals surface area contributed by atoms with Gasteiger partial charge in [0.25, 0.3) is 0 Å². The molecule has 0 bridgehead atoms. The molecule has 5 nitrogen and oxygen atoms in total. The first-order valence-corrected chi connectivity index (χ1v) is 8.05. The molecule has 0 aliphatic carbocycles. The molecular weight excluding hydrogens is 319 g/mol. The molecule has 1 atom stereocenters. The fraction of sp³-hybridized carbons (Fsp3) is 0.211. The van der Waals surface area contributed by atoms with Crippen LogP contribution in [0.1, 0.15) is 24.1 Å². The van der Waals surface area contributed by atoms with E-state index in [2.05, 4.69) is 20.3 Å². The van der Waals surface area contributed by atoms with Crippen molar-refractivity contribution in [2.24, 2.45) is 0 Å². The van der Waals surface area contributed by atoms with Crippen LogP contribution in [0, 0.1) is 5.82 Å². The fourth-order valence-electron chi connectivity index (χ4n) is 2.50. The van der Waals surface area contributed by atoms with Gasteiger partial charge in [-0.05, 0) is 42.7 Å². The molecule has 0 amide bonds. The molecule has 1 unspecified atom stereocenters. The van der Waals surface area contributed by atoms with E-state index >= 15 is 0 Å². The minimum absolute atomic E-state index is 0.0182. The van der Waals surface area contributed by atoms with Crippen molar-refractivity contribution in [3.05, 3.63) is 72.1 Å². The summed E-state index contributed by atoms with van der Waals surface area (Å²) in [4.78, 5) is 13.0. The lowest BCUT2D eigenvalue weighted by Gasteiger charge is -2.14. The average molecular weight is 338 g/mol. The van der Waals surface area contributed by atoms with Crippen molar-refractivity contribution in [2.45, 2.75) is 19.4 Å². The maximum absolute atomic E-state index is 13.0. The first kappa shape index (κ1) is 17.0. The molecule has 3 rings (SSSR count). The Morgan fingerprint density at radius 3 is 2.56 bits per heavy atom. The van der Waals surface area contributed by atoms with Crippen LogP contribution < -0.4 is 5.32 Å². The number of anilines is 1. The van der Waals surface area contributed by atoms with Gasteiger partial charge in [0.05, 0.1) is 18.1 Å². The van der Waals surface area contributed by atoms with Crippen LogP contribution in [0.5, 0.6) is 0 Å². The van der Waals surface area contributed by atoms with Gasteiger partial charge < -0.3 is 10.4 Å². The Morgan fingerprint density at radius 1 is 1.08 bits per heavy atom. The van der Waals surface area contributed by atoms with E-state index in [1.165, 1.54) is 12.1 Å². The number of benzene rings is 1. The third-order valence-electron chi connectivity index (χ3n) is 3.88. The zero-order valence-corrected chi connectivity index (χ0v) is 13.9. The summed E-state index contributed by atoms with van der Waals surface area (Å²) in [7, 11) is 0. The van der Waals surface area contributed by atoms with E-state index in [1.54, 1.807) is 36.9 Å². The molecule has 0 radical (unpaired) electrons. The molecule has 6 heteroatoms. The van der Waals surface area contributed by atoms with Crippen LogP contribution >= 0.6 is 0 Å². The monoisotopic (exact) mass is 338 g/mol. The molecule has 3 aromatic rings. The van der Waals surface area contributed by atoms with Crippen LogP contribution in [0.25, 0.3) is 11.3 Å².